The van der Waals surface area contributed by atoms with Crippen LogP contribution in [-0.4, -0.2) is 48.8 Å². The molecule has 9 heteroatoms. The van der Waals surface area contributed by atoms with E-state index >= 15 is 0 Å². The average Bonchev–Trinajstić information content (AvgIpc) is 2.61. The highest BCUT2D eigenvalue weighted by Crippen LogP contribution is 2.18. The monoisotopic (exact) mass is 398 g/mol. The number of anilines is 1. The van der Waals surface area contributed by atoms with Crippen LogP contribution in [0.1, 0.15) is 0 Å². The van der Waals surface area contributed by atoms with Crippen LogP contribution in [0.15, 0.2) is 53.7 Å². The van der Waals surface area contributed by atoms with Gasteiger partial charge in [-0.05, 0) is 12.1 Å². The van der Waals surface area contributed by atoms with E-state index in [-0.39, 0.29) is 9.60 Å². The molecule has 0 bridgehead atoms. The fraction of sp³-hybridized carbons (Fsp3) is 0.312. The summed E-state index contributed by atoms with van der Waals surface area (Å²) in [6.07, 6.45) is 3.87. The summed E-state index contributed by atoms with van der Waals surface area (Å²) >= 11 is 8.70. The standard InChI is InChI=1S/C16H19N3O3S3/c20-25(21,22)15-3-1-13(2-4-15)17-7-5-14(6-8-17)18-9-11-19(12-10-18)16(23)24/h1-8,16H,9-12H2,(H2-,20,21,22,23,24)/p+1. The molecule has 0 spiro atoms. The van der Waals surface area contributed by atoms with E-state index in [1.54, 1.807) is 12.1 Å². The molecule has 0 unspecified atom stereocenters. The second-order valence-corrected chi connectivity index (χ2v) is 8.61. The molecule has 1 N–H and O–H groups in total. The average molecular weight is 399 g/mol. The van der Waals surface area contributed by atoms with Crippen LogP contribution in [0.2, 0.25) is 0 Å². The van der Waals surface area contributed by atoms with Gasteiger partial charge in [-0.2, -0.15) is 13.0 Å². The number of benzene rings is 1. The fourth-order valence-corrected chi connectivity index (χ4v) is 3.74. The summed E-state index contributed by atoms with van der Waals surface area (Å²) in [7, 11) is -4.16. The Kier molecular flexibility index (Phi) is 5.59. The maximum Gasteiger partial charge on any atom is 0.294 e. The largest absolute Gasteiger partial charge is 0.369 e. The molecule has 0 atom stereocenters. The summed E-state index contributed by atoms with van der Waals surface area (Å²) in [5.41, 5.74) is 1.96. The number of aromatic nitrogens is 1. The molecule has 2 heterocycles. The van der Waals surface area contributed by atoms with Crippen molar-refractivity contribution in [3.63, 3.8) is 0 Å². The number of nitrogens with zero attached hydrogens (tertiary/aromatic N) is 3. The van der Waals surface area contributed by atoms with Crippen LogP contribution in [0.25, 0.3) is 5.69 Å². The van der Waals surface area contributed by atoms with Gasteiger partial charge in [-0.1, -0.05) is 0 Å². The van der Waals surface area contributed by atoms with Gasteiger partial charge in [-0.25, -0.2) is 0 Å². The van der Waals surface area contributed by atoms with Crippen LogP contribution in [0.5, 0.6) is 0 Å². The van der Waals surface area contributed by atoms with Gasteiger partial charge in [0.05, 0.1) is 9.60 Å². The lowest BCUT2D eigenvalue weighted by molar-refractivity contribution is -0.595. The smallest absolute Gasteiger partial charge is 0.294 e. The van der Waals surface area contributed by atoms with Crippen LogP contribution < -0.4 is 9.47 Å². The normalized spacial score (nSPS) is 16.4. The number of hydrogen-bond donors (Lipinski definition) is 3. The van der Waals surface area contributed by atoms with Gasteiger partial charge in [0.25, 0.3) is 10.1 Å². The van der Waals surface area contributed by atoms with Crippen LogP contribution >= 0.6 is 25.3 Å². The molecule has 1 fully saturated rings. The van der Waals surface area contributed by atoms with E-state index in [0.29, 0.717) is 0 Å². The first kappa shape index (κ1) is 18.5. The topological polar surface area (TPSA) is 64.7 Å². The lowest BCUT2D eigenvalue weighted by Gasteiger charge is -2.37. The van der Waals surface area contributed by atoms with Crippen LogP contribution in [0.3, 0.4) is 0 Å². The van der Waals surface area contributed by atoms with Gasteiger partial charge >= 0.3 is 0 Å². The van der Waals surface area contributed by atoms with Crippen molar-refractivity contribution in [1.29, 1.82) is 0 Å². The van der Waals surface area contributed by atoms with Crippen LogP contribution in [0, 0.1) is 0 Å². The highest BCUT2D eigenvalue weighted by molar-refractivity contribution is 7.99. The van der Waals surface area contributed by atoms with E-state index in [0.717, 1.165) is 37.6 Å². The molecule has 1 aromatic carbocycles. The van der Waals surface area contributed by atoms with E-state index in [1.807, 2.05) is 29.1 Å². The maximum absolute atomic E-state index is 11.1. The fourth-order valence-electron chi connectivity index (χ4n) is 2.80. The zero-order valence-corrected chi connectivity index (χ0v) is 16.0. The van der Waals surface area contributed by atoms with Gasteiger partial charge in [0.2, 0.25) is 5.69 Å². The van der Waals surface area contributed by atoms with Crippen molar-refractivity contribution in [1.82, 2.24) is 4.90 Å². The highest BCUT2D eigenvalue weighted by Gasteiger charge is 2.20. The minimum Gasteiger partial charge on any atom is -0.369 e. The molecule has 0 radical (unpaired) electrons. The van der Waals surface area contributed by atoms with Crippen molar-refractivity contribution < 1.29 is 17.5 Å². The van der Waals surface area contributed by atoms with Gasteiger partial charge in [0, 0.05) is 56.1 Å². The summed E-state index contributed by atoms with van der Waals surface area (Å²) in [6, 6.07) is 10.1. The molecule has 3 rings (SSSR count). The molecule has 0 aliphatic carbocycles. The van der Waals surface area contributed by atoms with E-state index in [4.69, 9.17) is 4.55 Å². The Morgan fingerprint density at radius 3 is 2.00 bits per heavy atom. The highest BCUT2D eigenvalue weighted by atomic mass is 32.2. The van der Waals surface area contributed by atoms with E-state index in [1.165, 1.54) is 12.1 Å². The summed E-state index contributed by atoms with van der Waals surface area (Å²) < 4.78 is 33.1. The van der Waals surface area contributed by atoms with E-state index < -0.39 is 10.1 Å². The van der Waals surface area contributed by atoms with Gasteiger partial charge in [0.15, 0.2) is 12.4 Å². The molecule has 1 aliphatic rings. The van der Waals surface area contributed by atoms with E-state index in [2.05, 4.69) is 35.1 Å². The number of pyridine rings is 1. The van der Waals surface area contributed by atoms with E-state index in [9.17, 15) is 8.42 Å². The first-order chi connectivity index (χ1) is 11.8. The molecule has 134 valence electrons. The zero-order valence-electron chi connectivity index (χ0n) is 13.4. The Labute approximate surface area is 158 Å². The Bertz CT molecular complexity index is 816. The Morgan fingerprint density at radius 1 is 0.960 bits per heavy atom. The van der Waals surface area contributed by atoms with Crippen molar-refractivity contribution in [3.05, 3.63) is 48.8 Å². The maximum atomic E-state index is 11.1. The lowest BCUT2D eigenvalue weighted by Crippen LogP contribution is -2.48. The van der Waals surface area contributed by atoms with Gasteiger partial charge in [-0.15, -0.1) is 25.3 Å². The number of hydrogen-bond acceptors (Lipinski definition) is 6. The third-order valence-corrected chi connectivity index (χ3v) is 5.77. The van der Waals surface area contributed by atoms with Gasteiger partial charge < -0.3 is 4.90 Å². The molecule has 1 aromatic heterocycles. The predicted octanol–water partition coefficient (Wildman–Crippen LogP) is 1.48. The van der Waals surface area contributed by atoms with Crippen molar-refractivity contribution >= 4 is 41.1 Å². The molecule has 1 aliphatic heterocycles. The minimum atomic E-state index is -4.16. The number of piperazine rings is 1. The second-order valence-electron chi connectivity index (χ2n) is 5.80. The first-order valence-corrected chi connectivity index (χ1v) is 10.3. The van der Waals surface area contributed by atoms with Gasteiger partial charge in [-0.3, -0.25) is 9.45 Å². The zero-order chi connectivity index (χ0) is 18.0. The van der Waals surface area contributed by atoms with Crippen molar-refractivity contribution in [3.8, 4) is 5.69 Å². The molecule has 1 saturated heterocycles. The van der Waals surface area contributed by atoms with Crippen molar-refractivity contribution in [2.45, 2.75) is 9.60 Å². The summed E-state index contributed by atoms with van der Waals surface area (Å²) in [4.78, 5) is 4.41. The quantitative estimate of drug-likeness (QED) is 0.315. The van der Waals surface area contributed by atoms with Crippen molar-refractivity contribution in [2.24, 2.45) is 0 Å². The Balaban J connectivity index is 1.70. The summed E-state index contributed by atoms with van der Waals surface area (Å²) in [5, 5.41) is 0. The van der Waals surface area contributed by atoms with Crippen LogP contribution in [-0.2, 0) is 10.1 Å². The van der Waals surface area contributed by atoms with Crippen molar-refractivity contribution in [2.75, 3.05) is 31.1 Å². The number of rotatable bonds is 4. The molecular weight excluding hydrogens is 378 g/mol. The molecule has 0 amide bonds. The first-order valence-electron chi connectivity index (χ1n) is 7.79. The minimum absolute atomic E-state index is 0.0224. The summed E-state index contributed by atoms with van der Waals surface area (Å²) in [6.45, 7) is 3.68. The third kappa shape index (κ3) is 4.48. The molecule has 0 saturated carbocycles. The Morgan fingerprint density at radius 2 is 1.52 bits per heavy atom. The molecule has 6 nitrogen and oxygen atoms in total. The molecular formula is C16H20N3O3S3+. The molecule has 2 aromatic rings. The summed E-state index contributed by atoms with van der Waals surface area (Å²) in [5.74, 6) is 0. The van der Waals surface area contributed by atoms with Gasteiger partial charge in [0.1, 0.15) is 0 Å². The third-order valence-electron chi connectivity index (χ3n) is 4.25. The lowest BCUT2D eigenvalue weighted by atomic mass is 10.2. The SMILES string of the molecule is O=S(=O)(O)c1ccc(-[n+]2ccc(N3CCN(C(S)S)CC3)cc2)cc1. The predicted molar refractivity (Wildman–Crippen MR) is 103 cm³/mol. The molecule has 25 heavy (non-hydrogen) atoms. The number of thiol groups is 2. The Hall–Kier alpha value is -1.26. The van der Waals surface area contributed by atoms with Crippen LogP contribution in [0.4, 0.5) is 5.69 Å². The second kappa shape index (κ2) is 7.55.